The lowest BCUT2D eigenvalue weighted by atomic mass is 10.0. The van der Waals surface area contributed by atoms with Crippen LogP contribution in [0.15, 0.2) is 90.1 Å². The van der Waals surface area contributed by atoms with Crippen LogP contribution in [-0.4, -0.2) is 20.7 Å². The highest BCUT2D eigenvalue weighted by Gasteiger charge is 2.42. The van der Waals surface area contributed by atoms with E-state index < -0.39 is 63.1 Å². The molecule has 0 radical (unpaired) electrons. The molecule has 1 aliphatic carbocycles. The second-order valence-corrected chi connectivity index (χ2v) is 23.1. The summed E-state index contributed by atoms with van der Waals surface area (Å²) in [6.45, 7) is 6.66. The van der Waals surface area contributed by atoms with E-state index in [1.54, 1.807) is 50.5 Å². The first-order valence-corrected chi connectivity index (χ1v) is 22.3. The topological polar surface area (TPSA) is 4.93 Å². The van der Waals surface area contributed by atoms with Crippen LogP contribution in [0.4, 0.5) is 52.7 Å². The molecule has 0 bridgehead atoms. The fourth-order valence-electron chi connectivity index (χ4n) is 7.01. The lowest BCUT2D eigenvalue weighted by molar-refractivity contribution is -0.144. The van der Waals surface area contributed by atoms with Crippen LogP contribution in [0.25, 0.3) is 22.7 Å². The van der Waals surface area contributed by atoms with Crippen LogP contribution in [0.3, 0.4) is 0 Å². The molecule has 53 heavy (non-hydrogen) atoms. The van der Waals surface area contributed by atoms with Crippen molar-refractivity contribution in [3.8, 4) is 5.69 Å². The van der Waals surface area contributed by atoms with Crippen LogP contribution in [0.1, 0.15) is 39.9 Å². The maximum atomic E-state index is 13.8. The molecule has 1 aromatic heterocycles. The van der Waals surface area contributed by atoms with E-state index in [-0.39, 0.29) is 22.5 Å². The first-order valence-electron chi connectivity index (χ1n) is 16.3. The Bertz CT molecular complexity index is 2170. The van der Waals surface area contributed by atoms with Gasteiger partial charge in [0.1, 0.15) is 16.1 Å². The SMILES string of the molecule is C[Si](C)(C1=Cc2c(n(-c3ccccc3)c3ccc([Si](C)(C)c4cc(C(F)(F)F)cc(C(F)(F)F)c4)cc23)CC1)c1cc(C(F)(F)F)cc(C(F)(F)F)c1. The predicted octanol–water partition coefficient (Wildman–Crippen LogP) is 11.0. The van der Waals surface area contributed by atoms with Gasteiger partial charge in [0.2, 0.25) is 0 Å². The molecule has 1 aliphatic rings. The van der Waals surface area contributed by atoms with Gasteiger partial charge >= 0.3 is 24.7 Å². The smallest absolute Gasteiger partial charge is 0.313 e. The minimum absolute atomic E-state index is 0.0552. The van der Waals surface area contributed by atoms with E-state index >= 15 is 0 Å². The number of halogens is 12. The molecule has 0 spiro atoms. The minimum Gasteiger partial charge on any atom is -0.313 e. The Labute approximate surface area is 298 Å². The summed E-state index contributed by atoms with van der Waals surface area (Å²) < 4.78 is 168. The second kappa shape index (κ2) is 12.7. The standard InChI is InChI=1S/C38H31F12NSi2/c1-52(2,29-16-22(35(39,40)41)14-23(17-29)36(42,43)44)27-10-12-33-31(20-27)32-21-28(11-13-34(32)51(33)26-8-6-5-7-9-26)53(3,4)30-18-24(37(45,46)47)15-25(19-30)38(48,49)50/h5-10,12,14-21H,11,13H2,1-4H3. The van der Waals surface area contributed by atoms with Crippen molar-refractivity contribution in [2.24, 2.45) is 0 Å². The molecule has 0 aliphatic heterocycles. The van der Waals surface area contributed by atoms with Crippen LogP contribution in [-0.2, 0) is 31.1 Å². The largest absolute Gasteiger partial charge is 0.416 e. The number of benzene rings is 4. The first-order chi connectivity index (χ1) is 24.3. The number of hydrogen-bond acceptors (Lipinski definition) is 0. The lowest BCUT2D eigenvalue weighted by Gasteiger charge is -2.31. The van der Waals surface area contributed by atoms with Crippen LogP contribution < -0.4 is 15.6 Å². The van der Waals surface area contributed by atoms with E-state index in [9.17, 15) is 52.7 Å². The number of para-hydroxylation sites is 1. The number of alkyl halides is 12. The van der Waals surface area contributed by atoms with Gasteiger partial charge < -0.3 is 4.57 Å². The highest BCUT2D eigenvalue weighted by atomic mass is 28.3. The van der Waals surface area contributed by atoms with Crippen molar-refractivity contribution in [3.05, 3.63) is 124 Å². The summed E-state index contributed by atoms with van der Waals surface area (Å²) in [5.74, 6) is 0. The summed E-state index contributed by atoms with van der Waals surface area (Å²) in [5, 5.41) is 1.66. The third-order valence-corrected chi connectivity index (χ3v) is 17.4. The maximum Gasteiger partial charge on any atom is 0.416 e. The second-order valence-electron chi connectivity index (χ2n) is 14.3. The highest BCUT2D eigenvalue weighted by Crippen LogP contribution is 2.41. The maximum absolute atomic E-state index is 13.8. The van der Waals surface area contributed by atoms with E-state index in [0.29, 0.717) is 39.7 Å². The Morgan fingerprint density at radius 1 is 0.491 bits per heavy atom. The van der Waals surface area contributed by atoms with Gasteiger partial charge in [0.25, 0.3) is 0 Å². The van der Waals surface area contributed by atoms with E-state index in [1.807, 2.05) is 34.9 Å². The molecular weight excluding hydrogens is 755 g/mol. The third-order valence-electron chi connectivity index (χ3n) is 10.2. The van der Waals surface area contributed by atoms with E-state index in [0.717, 1.165) is 35.6 Å². The molecule has 280 valence electrons. The summed E-state index contributed by atoms with van der Waals surface area (Å²) in [6.07, 6.45) is -17.6. The van der Waals surface area contributed by atoms with Gasteiger partial charge in [0.15, 0.2) is 0 Å². The highest BCUT2D eigenvalue weighted by molar-refractivity contribution is 7.00. The number of rotatable bonds is 5. The zero-order chi connectivity index (χ0) is 39.1. The third kappa shape index (κ3) is 7.21. The van der Waals surface area contributed by atoms with Gasteiger partial charge in [0, 0.05) is 22.3 Å². The van der Waals surface area contributed by atoms with E-state index in [4.69, 9.17) is 0 Å². The minimum atomic E-state index is -5.03. The molecule has 15 heteroatoms. The molecule has 0 unspecified atom stereocenters. The fourth-order valence-corrected chi connectivity index (χ4v) is 12.0. The number of aromatic nitrogens is 1. The Kier molecular flexibility index (Phi) is 9.20. The van der Waals surface area contributed by atoms with Crippen molar-refractivity contribution in [2.45, 2.75) is 63.7 Å². The van der Waals surface area contributed by atoms with Gasteiger partial charge in [0.05, 0.1) is 27.8 Å². The summed E-state index contributed by atoms with van der Waals surface area (Å²) in [4.78, 5) is 0. The Morgan fingerprint density at radius 2 is 0.943 bits per heavy atom. The van der Waals surface area contributed by atoms with Crippen LogP contribution >= 0.6 is 0 Å². The number of hydrogen-bond donors (Lipinski definition) is 0. The molecule has 1 nitrogen and oxygen atoms in total. The number of fused-ring (bicyclic) bond motifs is 3. The van der Waals surface area contributed by atoms with Crippen molar-refractivity contribution in [3.63, 3.8) is 0 Å². The monoisotopic (exact) mass is 785 g/mol. The summed E-state index contributed by atoms with van der Waals surface area (Å²) in [5.41, 5.74) is -2.77. The van der Waals surface area contributed by atoms with Gasteiger partial charge in [-0.25, -0.2) is 0 Å². The molecule has 5 aromatic rings. The summed E-state index contributed by atoms with van der Waals surface area (Å²) in [6, 6.07) is 17.6. The molecule has 6 rings (SSSR count). The quantitative estimate of drug-likeness (QED) is 0.124. The van der Waals surface area contributed by atoms with Gasteiger partial charge in [-0.1, -0.05) is 108 Å². The molecule has 0 atom stereocenters. The predicted molar refractivity (Wildman–Crippen MR) is 186 cm³/mol. The normalized spacial score (nSPS) is 14.8. The molecule has 0 N–H and O–H groups in total. The van der Waals surface area contributed by atoms with Crippen molar-refractivity contribution in [1.29, 1.82) is 0 Å². The average molecular weight is 786 g/mol. The Balaban J connectivity index is 1.57. The van der Waals surface area contributed by atoms with Gasteiger partial charge in [-0.2, -0.15) is 52.7 Å². The average Bonchev–Trinajstić information content (AvgIpc) is 3.40. The van der Waals surface area contributed by atoms with Crippen LogP contribution in [0, 0.1) is 0 Å². The number of nitrogens with zero attached hydrogens (tertiary/aromatic N) is 1. The molecule has 4 aromatic carbocycles. The fraction of sp³-hybridized carbons (Fsp3) is 0.263. The van der Waals surface area contributed by atoms with E-state index in [1.165, 1.54) is 0 Å². The molecule has 0 fully saturated rings. The van der Waals surface area contributed by atoms with Crippen molar-refractivity contribution in [2.75, 3.05) is 0 Å². The van der Waals surface area contributed by atoms with Crippen molar-refractivity contribution >= 4 is 48.7 Å². The Morgan fingerprint density at radius 3 is 1.40 bits per heavy atom. The van der Waals surface area contributed by atoms with Gasteiger partial charge in [-0.05, 0) is 43.2 Å². The first kappa shape index (κ1) is 38.5. The lowest BCUT2D eigenvalue weighted by Crippen LogP contribution is -2.53. The number of allylic oxidation sites excluding steroid dienone is 1. The zero-order valence-electron chi connectivity index (χ0n) is 28.6. The van der Waals surface area contributed by atoms with Gasteiger partial charge in [-0.15, -0.1) is 0 Å². The summed E-state index contributed by atoms with van der Waals surface area (Å²) >= 11 is 0. The molecule has 0 saturated carbocycles. The molecule has 1 heterocycles. The zero-order valence-corrected chi connectivity index (χ0v) is 30.6. The molecule has 0 amide bonds. The van der Waals surface area contributed by atoms with E-state index in [2.05, 4.69) is 0 Å². The van der Waals surface area contributed by atoms with Crippen LogP contribution in [0.5, 0.6) is 0 Å². The molecule has 0 saturated heterocycles. The van der Waals surface area contributed by atoms with Crippen molar-refractivity contribution in [1.82, 2.24) is 4.57 Å². The van der Waals surface area contributed by atoms with Crippen molar-refractivity contribution < 1.29 is 52.7 Å². The molecular formula is C38H31F12NSi2. The van der Waals surface area contributed by atoms with Crippen LogP contribution in [0.2, 0.25) is 26.2 Å². The summed E-state index contributed by atoms with van der Waals surface area (Å²) in [7, 11) is -6.53. The Hall–Kier alpha value is -4.25. The van der Waals surface area contributed by atoms with Gasteiger partial charge in [-0.3, -0.25) is 0 Å².